The molecule has 0 fully saturated rings. The van der Waals surface area contributed by atoms with Crippen molar-refractivity contribution in [3.63, 3.8) is 0 Å². The average molecular weight is 343 g/mol. The Kier molecular flexibility index (Phi) is 6.98. The van der Waals surface area contributed by atoms with E-state index >= 15 is 0 Å². The van der Waals surface area contributed by atoms with Crippen LogP contribution in [-0.2, 0) is 19.6 Å². The summed E-state index contributed by atoms with van der Waals surface area (Å²) >= 11 is 0. The highest BCUT2D eigenvalue weighted by Gasteiger charge is 2.25. The van der Waals surface area contributed by atoms with Crippen LogP contribution < -0.4 is 20.1 Å². The third-order valence-electron chi connectivity index (χ3n) is 3.17. The monoisotopic (exact) mass is 343 g/mol. The number of amides is 2. The van der Waals surface area contributed by atoms with Gasteiger partial charge in [-0.25, -0.2) is 8.42 Å². The highest BCUT2D eigenvalue weighted by Crippen LogP contribution is 2.16. The van der Waals surface area contributed by atoms with Crippen molar-refractivity contribution in [2.75, 3.05) is 21.2 Å². The maximum absolute atomic E-state index is 12.3. The number of carbonyl (C=O) groups excluding carboxylic acids is 2. The predicted octanol–water partition coefficient (Wildman–Crippen LogP) is -0.386. The lowest BCUT2D eigenvalue weighted by Gasteiger charge is -2.17. The summed E-state index contributed by atoms with van der Waals surface area (Å²) < 4.78 is 32.0. The van der Waals surface area contributed by atoms with E-state index in [1.54, 1.807) is 0 Å². The minimum absolute atomic E-state index is 0.00662. The molecule has 1 rings (SSSR count). The van der Waals surface area contributed by atoms with Gasteiger partial charge in [-0.15, -0.1) is 0 Å². The normalized spacial score (nSPS) is 12.3. The van der Waals surface area contributed by atoms with Crippen LogP contribution in [0.1, 0.15) is 12.8 Å². The minimum Gasteiger partial charge on any atom is -0.497 e. The molecule has 0 unspecified atom stereocenters. The van der Waals surface area contributed by atoms with Gasteiger partial charge in [0.25, 0.3) is 0 Å². The number of rotatable bonds is 8. The molecule has 0 saturated carbocycles. The number of likely N-dealkylation sites (N-methyl/N-ethyl adjacent to an activating group) is 1. The molecule has 0 aliphatic heterocycles. The first kappa shape index (κ1) is 18.9. The molecule has 3 N–H and O–H groups in total. The van der Waals surface area contributed by atoms with Gasteiger partial charge in [0, 0.05) is 20.5 Å². The van der Waals surface area contributed by atoms with E-state index in [0.29, 0.717) is 5.75 Å². The van der Waals surface area contributed by atoms with Crippen LogP contribution in [0.4, 0.5) is 0 Å². The second-order valence-corrected chi connectivity index (χ2v) is 6.39. The van der Waals surface area contributed by atoms with Gasteiger partial charge >= 0.3 is 0 Å². The average Bonchev–Trinajstić information content (AvgIpc) is 2.57. The van der Waals surface area contributed by atoms with Crippen molar-refractivity contribution in [1.82, 2.24) is 15.4 Å². The van der Waals surface area contributed by atoms with E-state index in [1.807, 2.05) is 0 Å². The summed E-state index contributed by atoms with van der Waals surface area (Å²) in [5.74, 6) is -0.264. The molecule has 0 bridgehead atoms. The molecule has 0 spiro atoms. The zero-order valence-electron chi connectivity index (χ0n) is 13.3. The molecule has 128 valence electrons. The van der Waals surface area contributed by atoms with Crippen LogP contribution in [0.25, 0.3) is 0 Å². The van der Waals surface area contributed by atoms with Crippen molar-refractivity contribution in [3.8, 4) is 5.75 Å². The Morgan fingerprint density at radius 3 is 2.22 bits per heavy atom. The van der Waals surface area contributed by atoms with E-state index in [4.69, 9.17) is 4.74 Å². The van der Waals surface area contributed by atoms with Gasteiger partial charge < -0.3 is 15.4 Å². The zero-order valence-corrected chi connectivity index (χ0v) is 14.1. The van der Waals surface area contributed by atoms with Crippen LogP contribution in [0, 0.1) is 0 Å². The zero-order chi connectivity index (χ0) is 17.5. The van der Waals surface area contributed by atoms with Gasteiger partial charge in [0.05, 0.1) is 12.0 Å². The van der Waals surface area contributed by atoms with Crippen molar-refractivity contribution >= 4 is 21.8 Å². The molecule has 1 aromatic rings. The number of hydrogen-bond donors (Lipinski definition) is 3. The highest BCUT2D eigenvalue weighted by molar-refractivity contribution is 7.89. The molecule has 1 aromatic carbocycles. The summed E-state index contributed by atoms with van der Waals surface area (Å²) in [7, 11) is 0.453. The summed E-state index contributed by atoms with van der Waals surface area (Å²) in [6, 6.07) is 4.73. The van der Waals surface area contributed by atoms with E-state index in [-0.39, 0.29) is 23.6 Å². The van der Waals surface area contributed by atoms with Gasteiger partial charge in [0.2, 0.25) is 21.8 Å². The van der Waals surface area contributed by atoms with E-state index in [1.165, 1.54) is 45.5 Å². The smallest absolute Gasteiger partial charge is 0.241 e. The largest absolute Gasteiger partial charge is 0.497 e. The minimum atomic E-state index is -3.89. The van der Waals surface area contributed by atoms with E-state index in [9.17, 15) is 18.0 Å². The van der Waals surface area contributed by atoms with Crippen LogP contribution in [0.5, 0.6) is 5.75 Å². The molecule has 8 nitrogen and oxygen atoms in total. The number of benzene rings is 1. The summed E-state index contributed by atoms with van der Waals surface area (Å²) in [6.07, 6.45) is 0.0778. The van der Waals surface area contributed by atoms with Crippen LogP contribution >= 0.6 is 0 Å². The van der Waals surface area contributed by atoms with Gasteiger partial charge in [-0.3, -0.25) is 9.59 Å². The Balaban J connectivity index is 2.90. The number of sulfonamides is 1. The number of hydrogen-bond acceptors (Lipinski definition) is 5. The van der Waals surface area contributed by atoms with Crippen molar-refractivity contribution in [2.45, 2.75) is 23.8 Å². The van der Waals surface area contributed by atoms with Crippen molar-refractivity contribution in [2.24, 2.45) is 0 Å². The Labute approximate surface area is 135 Å². The van der Waals surface area contributed by atoms with Crippen LogP contribution in [-0.4, -0.2) is 47.5 Å². The number of carbonyl (C=O) groups is 2. The lowest BCUT2D eigenvalue weighted by atomic mass is 10.1. The quantitative estimate of drug-likeness (QED) is 0.595. The summed E-state index contributed by atoms with van der Waals surface area (Å²) in [5.41, 5.74) is 0. The molecule has 0 aliphatic rings. The number of ether oxygens (including phenoxy) is 1. The molecule has 0 heterocycles. The first-order valence-electron chi connectivity index (χ1n) is 6.92. The Bertz CT molecular complexity index is 643. The van der Waals surface area contributed by atoms with Crippen molar-refractivity contribution in [1.29, 1.82) is 0 Å². The standard InChI is InChI=1S/C14H21N3O5S/c1-15-13(18)9-8-12(14(19)16-2)17-23(20,21)11-6-4-10(22-3)5-7-11/h4-7,12,17H,8-9H2,1-3H3,(H,15,18)(H,16,19)/t12-/m0/s1. The first-order chi connectivity index (χ1) is 10.8. The second kappa shape index (κ2) is 8.49. The van der Waals surface area contributed by atoms with Gasteiger partial charge in [-0.1, -0.05) is 0 Å². The molecule has 0 aromatic heterocycles. The predicted molar refractivity (Wildman–Crippen MR) is 84.5 cm³/mol. The molecule has 1 atom stereocenters. The molecular formula is C14H21N3O5S. The molecule has 0 saturated heterocycles. The van der Waals surface area contributed by atoms with Crippen molar-refractivity contribution < 1.29 is 22.7 Å². The van der Waals surface area contributed by atoms with Gasteiger partial charge in [0.15, 0.2) is 0 Å². The third-order valence-corrected chi connectivity index (χ3v) is 4.66. The molecule has 0 aliphatic carbocycles. The lowest BCUT2D eigenvalue weighted by molar-refractivity contribution is -0.123. The maximum atomic E-state index is 12.3. The molecular weight excluding hydrogens is 322 g/mol. The Hall–Kier alpha value is -2.13. The fourth-order valence-electron chi connectivity index (χ4n) is 1.83. The Morgan fingerprint density at radius 2 is 1.74 bits per heavy atom. The van der Waals surface area contributed by atoms with Gasteiger partial charge in [-0.05, 0) is 30.7 Å². The van der Waals surface area contributed by atoms with E-state index < -0.39 is 22.0 Å². The molecule has 23 heavy (non-hydrogen) atoms. The van der Waals surface area contributed by atoms with Crippen LogP contribution in [0.15, 0.2) is 29.2 Å². The van der Waals surface area contributed by atoms with Crippen LogP contribution in [0.2, 0.25) is 0 Å². The Morgan fingerprint density at radius 1 is 1.13 bits per heavy atom. The fraction of sp³-hybridized carbons (Fsp3) is 0.429. The van der Waals surface area contributed by atoms with Gasteiger partial charge in [0.1, 0.15) is 11.8 Å². The van der Waals surface area contributed by atoms with E-state index in [0.717, 1.165) is 0 Å². The highest BCUT2D eigenvalue weighted by atomic mass is 32.2. The third kappa shape index (κ3) is 5.53. The maximum Gasteiger partial charge on any atom is 0.241 e. The number of methoxy groups -OCH3 is 1. The topological polar surface area (TPSA) is 114 Å². The fourth-order valence-corrected chi connectivity index (χ4v) is 3.06. The van der Waals surface area contributed by atoms with Crippen LogP contribution in [0.3, 0.4) is 0 Å². The number of nitrogens with one attached hydrogen (secondary N) is 3. The summed E-state index contributed by atoms with van der Waals surface area (Å²) in [4.78, 5) is 23.1. The van der Waals surface area contributed by atoms with Gasteiger partial charge in [-0.2, -0.15) is 4.72 Å². The molecule has 9 heteroatoms. The van der Waals surface area contributed by atoms with E-state index in [2.05, 4.69) is 15.4 Å². The van der Waals surface area contributed by atoms with Crippen molar-refractivity contribution in [3.05, 3.63) is 24.3 Å². The molecule has 0 radical (unpaired) electrons. The summed E-state index contributed by atoms with van der Waals surface area (Å²) in [5, 5.41) is 4.80. The summed E-state index contributed by atoms with van der Waals surface area (Å²) in [6.45, 7) is 0. The SMILES string of the molecule is CNC(=O)CC[C@H](NS(=O)(=O)c1ccc(OC)cc1)C(=O)NC. The second-order valence-electron chi connectivity index (χ2n) is 4.68. The lowest BCUT2D eigenvalue weighted by Crippen LogP contribution is -2.46. The molecule has 2 amide bonds. The first-order valence-corrected chi connectivity index (χ1v) is 8.41.